The normalized spacial score (nSPS) is 23.6. The van der Waals surface area contributed by atoms with Crippen molar-refractivity contribution in [3.05, 3.63) is 11.6 Å². The molecule has 0 saturated carbocycles. The van der Waals surface area contributed by atoms with Crippen LogP contribution in [0.3, 0.4) is 0 Å². The van der Waals surface area contributed by atoms with Gasteiger partial charge in [0.15, 0.2) is 0 Å². The summed E-state index contributed by atoms with van der Waals surface area (Å²) in [5.74, 6) is 0.544. The first-order valence-electron chi connectivity index (χ1n) is 3.96. The van der Waals surface area contributed by atoms with Gasteiger partial charge in [0.2, 0.25) is 0 Å². The van der Waals surface area contributed by atoms with Crippen molar-refractivity contribution in [3.8, 4) is 0 Å². The van der Waals surface area contributed by atoms with Crippen LogP contribution < -0.4 is 0 Å². The summed E-state index contributed by atoms with van der Waals surface area (Å²) in [5.41, 5.74) is 1.27. The van der Waals surface area contributed by atoms with Gasteiger partial charge in [-0.1, -0.05) is 19.9 Å². The molecule has 0 bridgehead atoms. The van der Waals surface area contributed by atoms with Gasteiger partial charge < -0.3 is 0 Å². The lowest BCUT2D eigenvalue weighted by Crippen LogP contribution is -1.99. The molecule has 0 radical (unpaired) electrons. The minimum absolute atomic E-state index is 0.273. The lowest BCUT2D eigenvalue weighted by Gasteiger charge is -2.05. The van der Waals surface area contributed by atoms with Crippen LogP contribution in [-0.2, 0) is 0 Å². The quantitative estimate of drug-likeness (QED) is 0.546. The third kappa shape index (κ3) is 2.30. The Kier molecular flexibility index (Phi) is 2.58. The fraction of sp³-hybridized carbons (Fsp3) is 0.556. The number of allylic oxidation sites excluding steroid dienone is 1. The van der Waals surface area contributed by atoms with Gasteiger partial charge in [-0.25, -0.2) is 4.99 Å². The molecule has 0 amide bonds. The SMILES string of the molecule is CC1C=C(C(C)C)C=NC=N1. The van der Waals surface area contributed by atoms with E-state index >= 15 is 0 Å². The van der Waals surface area contributed by atoms with Crippen molar-refractivity contribution < 1.29 is 0 Å². The first-order valence-corrected chi connectivity index (χ1v) is 3.96. The zero-order valence-electron chi connectivity index (χ0n) is 7.28. The van der Waals surface area contributed by atoms with Gasteiger partial charge in [-0.3, -0.25) is 4.99 Å². The maximum atomic E-state index is 4.16. The van der Waals surface area contributed by atoms with Gasteiger partial charge >= 0.3 is 0 Å². The van der Waals surface area contributed by atoms with E-state index in [0.29, 0.717) is 5.92 Å². The highest BCUT2D eigenvalue weighted by Gasteiger charge is 2.03. The molecule has 1 heterocycles. The predicted octanol–water partition coefficient (Wildman–Crippen LogP) is 2.07. The third-order valence-electron chi connectivity index (χ3n) is 1.69. The van der Waals surface area contributed by atoms with Crippen molar-refractivity contribution >= 4 is 12.6 Å². The average Bonchev–Trinajstić information content (AvgIpc) is 2.13. The summed E-state index contributed by atoms with van der Waals surface area (Å²) in [5, 5.41) is 0. The molecule has 1 unspecified atom stereocenters. The van der Waals surface area contributed by atoms with Gasteiger partial charge in [-0.05, 0) is 18.4 Å². The lowest BCUT2D eigenvalue weighted by atomic mass is 10.0. The molecule has 1 aliphatic heterocycles. The van der Waals surface area contributed by atoms with E-state index < -0.39 is 0 Å². The second-order valence-corrected chi connectivity index (χ2v) is 3.10. The van der Waals surface area contributed by atoms with Crippen LogP contribution in [0.4, 0.5) is 0 Å². The van der Waals surface area contributed by atoms with Gasteiger partial charge in [0.1, 0.15) is 6.34 Å². The Morgan fingerprint density at radius 2 is 2.18 bits per heavy atom. The molecule has 0 N–H and O–H groups in total. The molecule has 2 nitrogen and oxygen atoms in total. The van der Waals surface area contributed by atoms with Crippen molar-refractivity contribution in [2.24, 2.45) is 15.9 Å². The largest absolute Gasteiger partial charge is 0.266 e. The van der Waals surface area contributed by atoms with Crippen LogP contribution in [0.5, 0.6) is 0 Å². The standard InChI is InChI=1S/C9H14N2/c1-7(2)9-4-8(3)11-6-10-5-9/h4-8H,1-3H3. The van der Waals surface area contributed by atoms with E-state index in [9.17, 15) is 0 Å². The number of aliphatic imine (C=N–C) groups is 2. The monoisotopic (exact) mass is 150 g/mol. The van der Waals surface area contributed by atoms with Crippen LogP contribution in [0, 0.1) is 5.92 Å². The number of hydrogen-bond donors (Lipinski definition) is 0. The molecular weight excluding hydrogens is 136 g/mol. The van der Waals surface area contributed by atoms with Crippen molar-refractivity contribution in [2.45, 2.75) is 26.8 Å². The van der Waals surface area contributed by atoms with Crippen LogP contribution in [0.15, 0.2) is 21.6 Å². The van der Waals surface area contributed by atoms with Crippen molar-refractivity contribution in [2.75, 3.05) is 0 Å². The maximum absolute atomic E-state index is 4.16. The molecular formula is C9H14N2. The maximum Gasteiger partial charge on any atom is 0.110 e. The molecule has 1 rings (SSSR count). The average molecular weight is 150 g/mol. The number of hydrogen-bond acceptors (Lipinski definition) is 2. The fourth-order valence-electron chi connectivity index (χ4n) is 0.969. The molecule has 0 aliphatic carbocycles. The molecule has 0 aromatic carbocycles. The molecule has 0 aromatic heterocycles. The van der Waals surface area contributed by atoms with Gasteiger partial charge in [0.25, 0.3) is 0 Å². The Morgan fingerprint density at radius 3 is 2.82 bits per heavy atom. The summed E-state index contributed by atoms with van der Waals surface area (Å²) < 4.78 is 0. The molecule has 2 heteroatoms. The lowest BCUT2D eigenvalue weighted by molar-refractivity contribution is 0.790. The van der Waals surface area contributed by atoms with Crippen LogP contribution in [0.25, 0.3) is 0 Å². The van der Waals surface area contributed by atoms with E-state index in [1.54, 1.807) is 6.34 Å². The molecule has 60 valence electrons. The first-order chi connectivity index (χ1) is 5.20. The summed E-state index contributed by atoms with van der Waals surface area (Å²) in [6.07, 6.45) is 5.66. The zero-order valence-corrected chi connectivity index (χ0v) is 7.28. The van der Waals surface area contributed by atoms with Crippen LogP contribution in [-0.4, -0.2) is 18.6 Å². The second-order valence-electron chi connectivity index (χ2n) is 3.10. The van der Waals surface area contributed by atoms with Gasteiger partial charge in [-0.2, -0.15) is 0 Å². The van der Waals surface area contributed by atoms with Gasteiger partial charge in [0, 0.05) is 6.21 Å². The van der Waals surface area contributed by atoms with Gasteiger partial charge in [-0.15, -0.1) is 0 Å². The highest BCUT2D eigenvalue weighted by Crippen LogP contribution is 2.10. The molecule has 0 spiro atoms. The van der Waals surface area contributed by atoms with Crippen molar-refractivity contribution in [1.82, 2.24) is 0 Å². The molecule has 0 fully saturated rings. The predicted molar refractivity (Wildman–Crippen MR) is 49.4 cm³/mol. The Labute approximate surface area is 67.8 Å². The van der Waals surface area contributed by atoms with Crippen LogP contribution >= 0.6 is 0 Å². The molecule has 1 atom stereocenters. The first kappa shape index (κ1) is 8.18. The molecule has 0 aromatic rings. The summed E-state index contributed by atoms with van der Waals surface area (Å²) in [7, 11) is 0. The highest BCUT2D eigenvalue weighted by molar-refractivity contribution is 5.86. The van der Waals surface area contributed by atoms with Crippen molar-refractivity contribution in [3.63, 3.8) is 0 Å². The molecule has 0 saturated heterocycles. The van der Waals surface area contributed by atoms with E-state index in [-0.39, 0.29) is 6.04 Å². The Balaban J connectivity index is 2.80. The molecule has 11 heavy (non-hydrogen) atoms. The third-order valence-corrected chi connectivity index (χ3v) is 1.69. The topological polar surface area (TPSA) is 24.7 Å². The fourth-order valence-corrected chi connectivity index (χ4v) is 0.969. The van der Waals surface area contributed by atoms with Crippen molar-refractivity contribution in [1.29, 1.82) is 0 Å². The summed E-state index contributed by atoms with van der Waals surface area (Å²) in [6, 6.07) is 0.273. The Morgan fingerprint density at radius 1 is 1.45 bits per heavy atom. The molecule has 1 aliphatic rings. The summed E-state index contributed by atoms with van der Waals surface area (Å²) in [6.45, 7) is 6.39. The minimum Gasteiger partial charge on any atom is -0.266 e. The highest BCUT2D eigenvalue weighted by atomic mass is 14.9. The van der Waals surface area contributed by atoms with E-state index in [2.05, 4.69) is 36.8 Å². The summed E-state index contributed by atoms with van der Waals surface area (Å²) >= 11 is 0. The van der Waals surface area contributed by atoms with Gasteiger partial charge in [0.05, 0.1) is 6.04 Å². The Hall–Kier alpha value is -0.920. The zero-order chi connectivity index (χ0) is 8.27. The minimum atomic E-state index is 0.273. The van der Waals surface area contributed by atoms with E-state index in [0.717, 1.165) is 0 Å². The van der Waals surface area contributed by atoms with E-state index in [4.69, 9.17) is 0 Å². The summed E-state index contributed by atoms with van der Waals surface area (Å²) in [4.78, 5) is 8.20. The number of rotatable bonds is 1. The van der Waals surface area contributed by atoms with E-state index in [1.165, 1.54) is 5.57 Å². The van der Waals surface area contributed by atoms with E-state index in [1.807, 2.05) is 6.21 Å². The second kappa shape index (κ2) is 3.46. The number of nitrogens with zero attached hydrogens (tertiary/aromatic N) is 2. The van der Waals surface area contributed by atoms with Crippen LogP contribution in [0.2, 0.25) is 0 Å². The smallest absolute Gasteiger partial charge is 0.110 e. The van der Waals surface area contributed by atoms with Crippen LogP contribution in [0.1, 0.15) is 20.8 Å². The Bertz CT molecular complexity index is 212.